The lowest BCUT2D eigenvalue weighted by molar-refractivity contribution is 0.0549. The maximum absolute atomic E-state index is 13.1. The standard InChI is InChI=1S/C17H13BrClFO3/c1-2-6-22-17(21)12-8-14(18)16(15(19)9-12)23-10-11-4-3-5-13(20)7-11/h2-5,7-9H,1,6,10H2. The van der Waals surface area contributed by atoms with Crippen molar-refractivity contribution in [3.05, 3.63) is 75.5 Å². The van der Waals surface area contributed by atoms with Gasteiger partial charge in [-0.1, -0.05) is 36.4 Å². The van der Waals surface area contributed by atoms with Gasteiger partial charge in [-0.3, -0.25) is 0 Å². The van der Waals surface area contributed by atoms with E-state index in [1.807, 2.05) is 0 Å². The Bertz CT molecular complexity index is 711. The smallest absolute Gasteiger partial charge is 0.338 e. The van der Waals surface area contributed by atoms with Crippen molar-refractivity contribution >= 4 is 33.5 Å². The SMILES string of the molecule is C=CCOC(=O)c1cc(Cl)c(OCc2cccc(F)c2)c(Br)c1. The first-order chi connectivity index (χ1) is 11.0. The monoisotopic (exact) mass is 398 g/mol. The van der Waals surface area contributed by atoms with Crippen molar-refractivity contribution < 1.29 is 18.7 Å². The van der Waals surface area contributed by atoms with Crippen molar-refractivity contribution in [3.63, 3.8) is 0 Å². The predicted octanol–water partition coefficient (Wildman–Crippen LogP) is 5.16. The fourth-order valence-corrected chi connectivity index (χ4v) is 2.78. The molecule has 0 N–H and O–H groups in total. The molecule has 0 heterocycles. The number of ether oxygens (including phenoxy) is 2. The lowest BCUT2D eigenvalue weighted by Gasteiger charge is -2.12. The maximum atomic E-state index is 13.1. The molecule has 2 rings (SSSR count). The number of carbonyl (C=O) groups is 1. The molecule has 2 aromatic carbocycles. The number of halogens is 3. The van der Waals surface area contributed by atoms with E-state index < -0.39 is 5.97 Å². The van der Waals surface area contributed by atoms with Gasteiger partial charge in [0.05, 0.1) is 15.1 Å². The van der Waals surface area contributed by atoms with Crippen LogP contribution in [0.1, 0.15) is 15.9 Å². The third-order valence-electron chi connectivity index (χ3n) is 2.84. The summed E-state index contributed by atoms with van der Waals surface area (Å²) in [5.74, 6) is -0.475. The van der Waals surface area contributed by atoms with Crippen LogP contribution in [-0.2, 0) is 11.3 Å². The van der Waals surface area contributed by atoms with Gasteiger partial charge in [0.1, 0.15) is 19.0 Å². The molecule has 0 atom stereocenters. The average Bonchev–Trinajstić information content (AvgIpc) is 2.51. The fourth-order valence-electron chi connectivity index (χ4n) is 1.82. The molecule has 23 heavy (non-hydrogen) atoms. The second-order valence-corrected chi connectivity index (χ2v) is 5.84. The van der Waals surface area contributed by atoms with Gasteiger partial charge in [0.15, 0.2) is 5.75 Å². The van der Waals surface area contributed by atoms with Crippen LogP contribution in [0, 0.1) is 5.82 Å². The zero-order chi connectivity index (χ0) is 16.8. The fraction of sp³-hybridized carbons (Fsp3) is 0.118. The normalized spacial score (nSPS) is 10.2. The number of hydrogen-bond acceptors (Lipinski definition) is 3. The highest BCUT2D eigenvalue weighted by atomic mass is 79.9. The molecule has 0 saturated carbocycles. The van der Waals surface area contributed by atoms with Gasteiger partial charge in [0, 0.05) is 0 Å². The Labute approximate surface area is 146 Å². The molecule has 0 fully saturated rings. The number of benzene rings is 2. The van der Waals surface area contributed by atoms with E-state index in [1.54, 1.807) is 18.2 Å². The van der Waals surface area contributed by atoms with Crippen LogP contribution in [0.3, 0.4) is 0 Å². The highest BCUT2D eigenvalue weighted by Crippen LogP contribution is 2.35. The van der Waals surface area contributed by atoms with E-state index in [1.165, 1.54) is 24.3 Å². The summed E-state index contributed by atoms with van der Waals surface area (Å²) in [6, 6.07) is 9.09. The molecule has 0 aliphatic rings. The van der Waals surface area contributed by atoms with Crippen LogP contribution in [-0.4, -0.2) is 12.6 Å². The summed E-state index contributed by atoms with van der Waals surface area (Å²) in [6.07, 6.45) is 1.48. The minimum atomic E-state index is -0.510. The summed E-state index contributed by atoms with van der Waals surface area (Å²) in [5, 5.41) is 0.251. The minimum absolute atomic E-state index is 0.117. The van der Waals surface area contributed by atoms with Crippen LogP contribution >= 0.6 is 27.5 Å². The number of esters is 1. The molecule has 0 aromatic heterocycles. The molecule has 0 spiro atoms. The lowest BCUT2D eigenvalue weighted by Crippen LogP contribution is -2.06. The molecular weight excluding hydrogens is 387 g/mol. The first-order valence-corrected chi connectivity index (χ1v) is 7.82. The summed E-state index contributed by atoms with van der Waals surface area (Å²) in [4.78, 5) is 11.8. The Hall–Kier alpha value is -1.85. The van der Waals surface area contributed by atoms with Gasteiger partial charge >= 0.3 is 5.97 Å². The highest BCUT2D eigenvalue weighted by molar-refractivity contribution is 9.10. The van der Waals surface area contributed by atoms with Crippen molar-refractivity contribution in [2.45, 2.75) is 6.61 Å². The summed E-state index contributed by atoms with van der Waals surface area (Å²) in [7, 11) is 0. The zero-order valence-corrected chi connectivity index (χ0v) is 14.4. The molecule has 0 unspecified atom stereocenters. The van der Waals surface area contributed by atoms with Crippen LogP contribution in [0.25, 0.3) is 0 Å². The van der Waals surface area contributed by atoms with Gasteiger partial charge < -0.3 is 9.47 Å². The van der Waals surface area contributed by atoms with Gasteiger partial charge in [-0.05, 0) is 45.8 Å². The van der Waals surface area contributed by atoms with Crippen molar-refractivity contribution in [1.29, 1.82) is 0 Å². The van der Waals surface area contributed by atoms with Gasteiger partial charge in [0.25, 0.3) is 0 Å². The molecule has 0 aliphatic heterocycles. The Morgan fingerprint density at radius 2 is 2.13 bits per heavy atom. The minimum Gasteiger partial charge on any atom is -0.486 e. The van der Waals surface area contributed by atoms with Crippen molar-refractivity contribution in [1.82, 2.24) is 0 Å². The van der Waals surface area contributed by atoms with Crippen LogP contribution in [0.15, 0.2) is 53.5 Å². The second kappa shape index (κ2) is 8.13. The summed E-state index contributed by atoms with van der Waals surface area (Å²) in [5.41, 5.74) is 0.962. The molecule has 6 heteroatoms. The average molecular weight is 400 g/mol. The van der Waals surface area contributed by atoms with E-state index in [0.29, 0.717) is 21.3 Å². The van der Waals surface area contributed by atoms with Crippen LogP contribution in [0.2, 0.25) is 5.02 Å². The number of hydrogen-bond donors (Lipinski definition) is 0. The van der Waals surface area contributed by atoms with E-state index in [4.69, 9.17) is 21.1 Å². The van der Waals surface area contributed by atoms with Gasteiger partial charge in [-0.15, -0.1) is 0 Å². The van der Waals surface area contributed by atoms with E-state index in [9.17, 15) is 9.18 Å². The molecule has 2 aromatic rings. The first kappa shape index (κ1) is 17.5. The van der Waals surface area contributed by atoms with Crippen molar-refractivity contribution in [3.8, 4) is 5.75 Å². The lowest BCUT2D eigenvalue weighted by atomic mass is 10.2. The van der Waals surface area contributed by atoms with E-state index in [0.717, 1.165) is 0 Å². The van der Waals surface area contributed by atoms with E-state index in [2.05, 4.69) is 22.5 Å². The van der Waals surface area contributed by atoms with Crippen molar-refractivity contribution in [2.24, 2.45) is 0 Å². The molecule has 0 aliphatic carbocycles. The topological polar surface area (TPSA) is 35.5 Å². The Morgan fingerprint density at radius 1 is 1.35 bits per heavy atom. The predicted molar refractivity (Wildman–Crippen MR) is 90.4 cm³/mol. The quantitative estimate of drug-likeness (QED) is 0.497. The molecule has 0 radical (unpaired) electrons. The van der Waals surface area contributed by atoms with E-state index >= 15 is 0 Å². The van der Waals surface area contributed by atoms with Gasteiger partial charge in [-0.25, -0.2) is 9.18 Å². The highest BCUT2D eigenvalue weighted by Gasteiger charge is 2.15. The Kier molecular flexibility index (Phi) is 6.19. The second-order valence-electron chi connectivity index (χ2n) is 4.57. The third-order valence-corrected chi connectivity index (χ3v) is 3.71. The first-order valence-electron chi connectivity index (χ1n) is 6.65. The summed E-state index contributed by atoms with van der Waals surface area (Å²) >= 11 is 9.46. The van der Waals surface area contributed by atoms with Crippen molar-refractivity contribution in [2.75, 3.05) is 6.61 Å². The molecule has 120 valence electrons. The number of rotatable bonds is 6. The maximum Gasteiger partial charge on any atom is 0.338 e. The zero-order valence-electron chi connectivity index (χ0n) is 12.0. The summed E-state index contributed by atoms with van der Waals surface area (Å²) in [6.45, 7) is 3.74. The largest absolute Gasteiger partial charge is 0.486 e. The van der Waals surface area contributed by atoms with Crippen LogP contribution < -0.4 is 4.74 Å². The molecular formula is C17H13BrClFO3. The number of carbonyl (C=O) groups excluding carboxylic acids is 1. The molecule has 0 saturated heterocycles. The molecule has 0 amide bonds. The molecule has 3 nitrogen and oxygen atoms in total. The Morgan fingerprint density at radius 3 is 2.78 bits per heavy atom. The van der Waals surface area contributed by atoms with Gasteiger partial charge in [0.2, 0.25) is 0 Å². The van der Waals surface area contributed by atoms with E-state index in [-0.39, 0.29) is 24.1 Å². The molecule has 0 bridgehead atoms. The van der Waals surface area contributed by atoms with Crippen LogP contribution in [0.4, 0.5) is 4.39 Å². The van der Waals surface area contributed by atoms with Gasteiger partial charge in [-0.2, -0.15) is 0 Å². The third kappa shape index (κ3) is 4.81. The summed E-state index contributed by atoms with van der Waals surface area (Å²) < 4.78 is 24.2. The Balaban J connectivity index is 2.14. The van der Waals surface area contributed by atoms with Crippen LogP contribution in [0.5, 0.6) is 5.75 Å².